The fourth-order valence-corrected chi connectivity index (χ4v) is 2.82. The van der Waals surface area contributed by atoms with E-state index in [1.165, 1.54) is 0 Å². The lowest BCUT2D eigenvalue weighted by atomic mass is 10.2. The minimum atomic E-state index is 0.315. The van der Waals surface area contributed by atoms with Gasteiger partial charge in [-0.05, 0) is 28.9 Å². The second kappa shape index (κ2) is 6.31. The SMILES string of the molecule is Cc1csc(CCNCc2cccc(Br)c2O)n1. The fraction of sp³-hybridized carbons (Fsp3) is 0.308. The van der Waals surface area contributed by atoms with E-state index >= 15 is 0 Å². The Labute approximate surface area is 119 Å². The zero-order valence-electron chi connectivity index (χ0n) is 10.1. The molecule has 2 rings (SSSR count). The van der Waals surface area contributed by atoms with Crippen molar-refractivity contribution in [1.82, 2.24) is 10.3 Å². The number of aromatic hydroxyl groups is 1. The minimum Gasteiger partial charge on any atom is -0.506 e. The predicted molar refractivity (Wildman–Crippen MR) is 78.1 cm³/mol. The monoisotopic (exact) mass is 326 g/mol. The molecule has 5 heteroatoms. The van der Waals surface area contributed by atoms with Crippen molar-refractivity contribution >= 4 is 27.3 Å². The van der Waals surface area contributed by atoms with Gasteiger partial charge < -0.3 is 10.4 Å². The third-order valence-electron chi connectivity index (χ3n) is 2.57. The second-order valence-electron chi connectivity index (χ2n) is 4.06. The molecule has 3 nitrogen and oxygen atoms in total. The summed E-state index contributed by atoms with van der Waals surface area (Å²) in [5.41, 5.74) is 1.99. The van der Waals surface area contributed by atoms with Crippen molar-refractivity contribution in [3.05, 3.63) is 44.3 Å². The molecule has 96 valence electrons. The van der Waals surface area contributed by atoms with Crippen LogP contribution in [0.1, 0.15) is 16.3 Å². The number of phenolic OH excluding ortho intramolecular Hbond substituents is 1. The van der Waals surface area contributed by atoms with Crippen molar-refractivity contribution in [1.29, 1.82) is 0 Å². The number of hydrogen-bond donors (Lipinski definition) is 2. The Morgan fingerprint density at radius 1 is 1.44 bits per heavy atom. The number of nitrogens with one attached hydrogen (secondary N) is 1. The zero-order chi connectivity index (χ0) is 13.0. The van der Waals surface area contributed by atoms with E-state index in [4.69, 9.17) is 0 Å². The summed E-state index contributed by atoms with van der Waals surface area (Å²) < 4.78 is 0.734. The highest BCUT2D eigenvalue weighted by Crippen LogP contribution is 2.27. The number of aromatic nitrogens is 1. The van der Waals surface area contributed by atoms with Crippen LogP contribution >= 0.6 is 27.3 Å². The van der Waals surface area contributed by atoms with Crippen LogP contribution in [-0.4, -0.2) is 16.6 Å². The van der Waals surface area contributed by atoms with Crippen LogP contribution in [0.3, 0.4) is 0 Å². The molecule has 0 spiro atoms. The largest absolute Gasteiger partial charge is 0.506 e. The van der Waals surface area contributed by atoms with E-state index in [0.717, 1.165) is 33.7 Å². The van der Waals surface area contributed by atoms with Gasteiger partial charge in [0.15, 0.2) is 0 Å². The molecule has 0 radical (unpaired) electrons. The number of aryl methyl sites for hydroxylation is 1. The third kappa shape index (κ3) is 3.54. The Balaban J connectivity index is 1.80. The maximum absolute atomic E-state index is 9.82. The van der Waals surface area contributed by atoms with Crippen LogP contribution in [0.25, 0.3) is 0 Å². The summed E-state index contributed by atoms with van der Waals surface area (Å²) in [6.07, 6.45) is 0.924. The van der Waals surface area contributed by atoms with E-state index < -0.39 is 0 Å². The van der Waals surface area contributed by atoms with E-state index in [1.54, 1.807) is 11.3 Å². The van der Waals surface area contributed by atoms with Crippen molar-refractivity contribution in [3.63, 3.8) is 0 Å². The molecule has 18 heavy (non-hydrogen) atoms. The predicted octanol–water partition coefficient (Wildman–Crippen LogP) is 3.25. The standard InChI is InChI=1S/C13H15BrN2OS/c1-9-8-18-12(16-9)5-6-15-7-10-3-2-4-11(14)13(10)17/h2-4,8,15,17H,5-7H2,1H3. The summed E-state index contributed by atoms with van der Waals surface area (Å²) in [4.78, 5) is 4.41. The molecule has 0 aliphatic carbocycles. The van der Waals surface area contributed by atoms with Crippen LogP contribution in [-0.2, 0) is 13.0 Å². The maximum atomic E-state index is 9.82. The number of benzene rings is 1. The molecular weight excluding hydrogens is 312 g/mol. The molecule has 1 heterocycles. The van der Waals surface area contributed by atoms with Gasteiger partial charge in [-0.15, -0.1) is 11.3 Å². The van der Waals surface area contributed by atoms with Crippen LogP contribution < -0.4 is 5.32 Å². The Bertz CT molecular complexity index is 527. The molecule has 1 aromatic carbocycles. The molecule has 0 atom stereocenters. The number of nitrogens with zero attached hydrogens (tertiary/aromatic N) is 1. The number of halogens is 1. The quantitative estimate of drug-likeness (QED) is 0.829. The lowest BCUT2D eigenvalue weighted by molar-refractivity contribution is 0.461. The lowest BCUT2D eigenvalue weighted by Crippen LogP contribution is -2.16. The summed E-state index contributed by atoms with van der Waals surface area (Å²) in [7, 11) is 0. The van der Waals surface area contributed by atoms with E-state index in [-0.39, 0.29) is 0 Å². The molecule has 0 saturated carbocycles. The molecule has 1 aromatic heterocycles. The van der Waals surface area contributed by atoms with Crippen molar-refractivity contribution in [2.24, 2.45) is 0 Å². The van der Waals surface area contributed by atoms with Gasteiger partial charge in [0, 0.05) is 36.1 Å². The molecule has 0 fully saturated rings. The zero-order valence-corrected chi connectivity index (χ0v) is 12.5. The van der Waals surface area contributed by atoms with Crippen LogP contribution in [0, 0.1) is 6.92 Å². The van der Waals surface area contributed by atoms with Crippen molar-refractivity contribution in [2.75, 3.05) is 6.54 Å². The van der Waals surface area contributed by atoms with E-state index in [9.17, 15) is 5.11 Å². The molecule has 0 aliphatic rings. The molecule has 2 N–H and O–H groups in total. The molecule has 0 unspecified atom stereocenters. The molecule has 0 bridgehead atoms. The normalized spacial score (nSPS) is 10.8. The summed E-state index contributed by atoms with van der Waals surface area (Å²) in [5, 5.41) is 16.3. The smallest absolute Gasteiger partial charge is 0.134 e. The van der Waals surface area contributed by atoms with Gasteiger partial charge in [0.05, 0.1) is 9.48 Å². The van der Waals surface area contributed by atoms with Crippen LogP contribution in [0.15, 0.2) is 28.1 Å². The highest BCUT2D eigenvalue weighted by atomic mass is 79.9. The lowest BCUT2D eigenvalue weighted by Gasteiger charge is -2.07. The Morgan fingerprint density at radius 2 is 2.28 bits per heavy atom. The highest BCUT2D eigenvalue weighted by Gasteiger charge is 2.04. The number of rotatable bonds is 5. The first kappa shape index (κ1) is 13.5. The molecule has 0 aliphatic heterocycles. The maximum Gasteiger partial charge on any atom is 0.134 e. The van der Waals surface area contributed by atoms with Gasteiger partial charge in [0.1, 0.15) is 5.75 Å². The third-order valence-corrected chi connectivity index (χ3v) is 4.23. The van der Waals surface area contributed by atoms with Gasteiger partial charge in [-0.1, -0.05) is 12.1 Å². The second-order valence-corrected chi connectivity index (χ2v) is 5.85. The van der Waals surface area contributed by atoms with Gasteiger partial charge >= 0.3 is 0 Å². The van der Waals surface area contributed by atoms with Gasteiger partial charge in [-0.25, -0.2) is 4.98 Å². The van der Waals surface area contributed by atoms with E-state index in [0.29, 0.717) is 12.3 Å². The summed E-state index contributed by atoms with van der Waals surface area (Å²) >= 11 is 5.00. The van der Waals surface area contributed by atoms with E-state index in [1.807, 2.05) is 25.1 Å². The van der Waals surface area contributed by atoms with Crippen molar-refractivity contribution in [2.45, 2.75) is 19.9 Å². The van der Waals surface area contributed by atoms with Crippen LogP contribution in [0.2, 0.25) is 0 Å². The fourth-order valence-electron chi connectivity index (χ4n) is 1.64. The van der Waals surface area contributed by atoms with Gasteiger partial charge in [-0.2, -0.15) is 0 Å². The summed E-state index contributed by atoms with van der Waals surface area (Å²) in [6.45, 7) is 3.53. The average molecular weight is 327 g/mol. The highest BCUT2D eigenvalue weighted by molar-refractivity contribution is 9.10. The molecule has 0 saturated heterocycles. The van der Waals surface area contributed by atoms with E-state index in [2.05, 4.69) is 31.6 Å². The Kier molecular flexibility index (Phi) is 4.74. The van der Waals surface area contributed by atoms with Crippen LogP contribution in [0.4, 0.5) is 0 Å². The number of thiazole rings is 1. The van der Waals surface area contributed by atoms with Crippen molar-refractivity contribution in [3.8, 4) is 5.75 Å². The van der Waals surface area contributed by atoms with Crippen molar-refractivity contribution < 1.29 is 5.11 Å². The first-order chi connectivity index (χ1) is 8.66. The van der Waals surface area contributed by atoms with Gasteiger partial charge in [0.2, 0.25) is 0 Å². The summed E-state index contributed by atoms with van der Waals surface area (Å²) in [5.74, 6) is 0.315. The average Bonchev–Trinajstić information content (AvgIpc) is 2.76. The molecule has 0 amide bonds. The minimum absolute atomic E-state index is 0.315. The number of para-hydroxylation sites is 1. The summed E-state index contributed by atoms with van der Waals surface area (Å²) in [6, 6.07) is 5.67. The number of phenols is 1. The first-order valence-corrected chi connectivity index (χ1v) is 7.42. The van der Waals surface area contributed by atoms with Gasteiger partial charge in [-0.3, -0.25) is 0 Å². The first-order valence-electron chi connectivity index (χ1n) is 5.75. The topological polar surface area (TPSA) is 45.1 Å². The molecular formula is C13H15BrN2OS. The molecule has 2 aromatic rings. The van der Waals surface area contributed by atoms with Crippen LogP contribution in [0.5, 0.6) is 5.75 Å². The Hall–Kier alpha value is -0.910. The van der Waals surface area contributed by atoms with Gasteiger partial charge in [0.25, 0.3) is 0 Å². The number of hydrogen-bond acceptors (Lipinski definition) is 4. The Morgan fingerprint density at radius 3 is 3.00 bits per heavy atom.